The molecule has 1 aliphatic heterocycles. The third-order valence-electron chi connectivity index (χ3n) is 4.02. The van der Waals surface area contributed by atoms with Crippen LogP contribution >= 0.6 is 0 Å². The van der Waals surface area contributed by atoms with Crippen LogP contribution in [0.1, 0.15) is 22.8 Å². The highest BCUT2D eigenvalue weighted by molar-refractivity contribution is 6.13. The number of aromatic nitrogens is 1. The van der Waals surface area contributed by atoms with E-state index in [2.05, 4.69) is 4.99 Å². The van der Waals surface area contributed by atoms with Gasteiger partial charge >= 0.3 is 5.97 Å². The van der Waals surface area contributed by atoms with Gasteiger partial charge in [-0.1, -0.05) is 36.4 Å². The van der Waals surface area contributed by atoms with Gasteiger partial charge in [-0.15, -0.1) is 0 Å². The number of esters is 1. The number of hydrogen-bond donors (Lipinski definition) is 0. The van der Waals surface area contributed by atoms with E-state index in [1.54, 1.807) is 16.8 Å². The van der Waals surface area contributed by atoms with Gasteiger partial charge in [-0.25, -0.2) is 9.79 Å². The Balaban J connectivity index is 1.81. The lowest BCUT2D eigenvalue weighted by atomic mass is 10.1. The molecule has 0 bridgehead atoms. The number of fused-ring (bicyclic) bond motifs is 1. The van der Waals surface area contributed by atoms with Crippen LogP contribution in [0.4, 0.5) is 0 Å². The molecule has 0 atom stereocenters. The molecule has 0 aliphatic carbocycles. The van der Waals surface area contributed by atoms with Gasteiger partial charge in [-0.05, 0) is 24.3 Å². The van der Waals surface area contributed by atoms with Crippen LogP contribution in [0.25, 0.3) is 17.0 Å². The summed E-state index contributed by atoms with van der Waals surface area (Å²) in [6, 6.07) is 16.8. The monoisotopic (exact) mass is 330 g/mol. The third kappa shape index (κ3) is 2.65. The Labute approximate surface area is 143 Å². The van der Waals surface area contributed by atoms with Crippen molar-refractivity contribution < 1.29 is 14.3 Å². The zero-order chi connectivity index (χ0) is 17.4. The van der Waals surface area contributed by atoms with Crippen molar-refractivity contribution in [1.29, 1.82) is 0 Å². The summed E-state index contributed by atoms with van der Waals surface area (Å²) >= 11 is 0. The van der Waals surface area contributed by atoms with E-state index in [0.29, 0.717) is 0 Å². The summed E-state index contributed by atoms with van der Waals surface area (Å²) in [5.41, 5.74) is 2.49. The molecule has 0 amide bonds. The summed E-state index contributed by atoms with van der Waals surface area (Å²) < 4.78 is 6.83. The molecule has 5 heteroatoms. The second-order valence-corrected chi connectivity index (χ2v) is 5.69. The number of ether oxygens (including phenoxy) is 1. The van der Waals surface area contributed by atoms with E-state index >= 15 is 0 Å². The molecular weight excluding hydrogens is 316 g/mol. The highest BCUT2D eigenvalue weighted by Crippen LogP contribution is 2.26. The van der Waals surface area contributed by atoms with Gasteiger partial charge in [0.2, 0.25) is 11.8 Å². The van der Waals surface area contributed by atoms with Crippen molar-refractivity contribution in [2.24, 2.45) is 4.99 Å². The summed E-state index contributed by atoms with van der Waals surface area (Å²) in [4.78, 5) is 28.3. The van der Waals surface area contributed by atoms with Gasteiger partial charge in [-0.2, -0.15) is 0 Å². The first-order chi connectivity index (χ1) is 12.1. The summed E-state index contributed by atoms with van der Waals surface area (Å²) in [6.07, 6.45) is 3.36. The van der Waals surface area contributed by atoms with Gasteiger partial charge < -0.3 is 4.74 Å². The van der Waals surface area contributed by atoms with Gasteiger partial charge in [0.05, 0.1) is 5.52 Å². The predicted molar refractivity (Wildman–Crippen MR) is 95.3 cm³/mol. The van der Waals surface area contributed by atoms with Crippen molar-refractivity contribution in [1.82, 2.24) is 4.57 Å². The second-order valence-electron chi connectivity index (χ2n) is 5.69. The highest BCUT2D eigenvalue weighted by atomic mass is 16.6. The lowest BCUT2D eigenvalue weighted by molar-refractivity contribution is -0.129. The van der Waals surface area contributed by atoms with Crippen LogP contribution in [0, 0.1) is 0 Å². The van der Waals surface area contributed by atoms with Gasteiger partial charge in [0.25, 0.3) is 0 Å². The Morgan fingerprint density at radius 1 is 1.08 bits per heavy atom. The average Bonchev–Trinajstić information content (AvgIpc) is 3.18. The van der Waals surface area contributed by atoms with Crippen molar-refractivity contribution >= 4 is 34.8 Å². The number of carbonyl (C=O) groups excluding carboxylic acids is 2. The molecule has 3 aromatic rings. The number of benzene rings is 2. The van der Waals surface area contributed by atoms with E-state index in [-0.39, 0.29) is 17.5 Å². The molecule has 0 N–H and O–H groups in total. The van der Waals surface area contributed by atoms with Gasteiger partial charge in [0.1, 0.15) is 0 Å². The third-order valence-corrected chi connectivity index (χ3v) is 4.02. The maximum Gasteiger partial charge on any atom is 0.363 e. The molecule has 0 fully saturated rings. The van der Waals surface area contributed by atoms with Crippen LogP contribution in [0.3, 0.4) is 0 Å². The van der Waals surface area contributed by atoms with Crippen molar-refractivity contribution in [3.8, 4) is 0 Å². The number of nitrogens with zero attached hydrogens (tertiary/aromatic N) is 2. The Morgan fingerprint density at radius 2 is 1.80 bits per heavy atom. The summed E-state index contributed by atoms with van der Waals surface area (Å²) in [7, 11) is 0. The fraction of sp³-hybridized carbons (Fsp3) is 0.0500. The molecule has 122 valence electrons. The van der Waals surface area contributed by atoms with Crippen LogP contribution in [-0.2, 0) is 9.53 Å². The fourth-order valence-electron chi connectivity index (χ4n) is 2.84. The predicted octanol–water partition coefficient (Wildman–Crippen LogP) is 3.65. The minimum absolute atomic E-state index is 0.0941. The topological polar surface area (TPSA) is 60.7 Å². The standard InChI is InChI=1S/C20H14N2O3/c1-13(23)22-12-15(16-9-5-6-10-18(16)22)11-17-20(24)25-19(21-17)14-7-3-2-4-8-14/h2-12H,1H3/b17-11-. The van der Waals surface area contributed by atoms with Crippen LogP contribution < -0.4 is 0 Å². The average molecular weight is 330 g/mol. The molecule has 0 spiro atoms. The van der Waals surface area contributed by atoms with E-state index in [1.165, 1.54) is 6.92 Å². The quantitative estimate of drug-likeness (QED) is 0.532. The normalized spacial score (nSPS) is 15.5. The van der Waals surface area contributed by atoms with Crippen LogP contribution in [0.15, 0.2) is 71.5 Å². The van der Waals surface area contributed by atoms with E-state index in [9.17, 15) is 9.59 Å². The number of aliphatic imine (C=N–C) groups is 1. The first kappa shape index (κ1) is 15.1. The second kappa shape index (κ2) is 5.87. The van der Waals surface area contributed by atoms with E-state index < -0.39 is 5.97 Å². The van der Waals surface area contributed by atoms with Crippen LogP contribution in [0.2, 0.25) is 0 Å². The number of carbonyl (C=O) groups is 2. The van der Waals surface area contributed by atoms with Gasteiger partial charge in [0, 0.05) is 29.6 Å². The molecular formula is C20H14N2O3. The smallest absolute Gasteiger partial charge is 0.363 e. The first-order valence-electron chi connectivity index (χ1n) is 7.82. The molecule has 4 rings (SSSR count). The number of para-hydroxylation sites is 1. The van der Waals surface area contributed by atoms with Gasteiger partial charge in [-0.3, -0.25) is 9.36 Å². The van der Waals surface area contributed by atoms with Crippen molar-refractivity contribution in [3.05, 3.63) is 77.6 Å². The Hall–Kier alpha value is -3.47. The van der Waals surface area contributed by atoms with E-state index in [4.69, 9.17) is 4.74 Å². The highest BCUT2D eigenvalue weighted by Gasteiger charge is 2.24. The number of rotatable bonds is 2. The van der Waals surface area contributed by atoms with Crippen molar-refractivity contribution in [2.45, 2.75) is 6.92 Å². The molecule has 2 aromatic carbocycles. The van der Waals surface area contributed by atoms with E-state index in [1.807, 2.05) is 54.6 Å². The summed E-state index contributed by atoms with van der Waals surface area (Å²) in [5, 5.41) is 0.876. The van der Waals surface area contributed by atoms with Gasteiger partial charge in [0.15, 0.2) is 5.70 Å². The molecule has 5 nitrogen and oxygen atoms in total. The molecule has 25 heavy (non-hydrogen) atoms. The van der Waals surface area contributed by atoms with Crippen LogP contribution in [0.5, 0.6) is 0 Å². The Morgan fingerprint density at radius 3 is 2.56 bits per heavy atom. The number of hydrogen-bond acceptors (Lipinski definition) is 4. The maximum absolute atomic E-state index is 12.2. The molecule has 1 aliphatic rings. The summed E-state index contributed by atoms with van der Waals surface area (Å²) in [6.45, 7) is 1.50. The SMILES string of the molecule is CC(=O)n1cc(/C=C2\N=C(c3ccccc3)OC2=O)c2ccccc21. The Kier molecular flexibility index (Phi) is 3.54. The van der Waals surface area contributed by atoms with E-state index in [0.717, 1.165) is 22.0 Å². The largest absolute Gasteiger partial charge is 0.402 e. The minimum Gasteiger partial charge on any atom is -0.402 e. The maximum atomic E-state index is 12.2. The lowest BCUT2D eigenvalue weighted by Gasteiger charge is -1.97. The van der Waals surface area contributed by atoms with Crippen LogP contribution in [-0.4, -0.2) is 22.3 Å². The lowest BCUT2D eigenvalue weighted by Crippen LogP contribution is -2.04. The zero-order valence-electron chi connectivity index (χ0n) is 13.5. The zero-order valence-corrected chi connectivity index (χ0v) is 13.5. The summed E-state index contributed by atoms with van der Waals surface area (Å²) in [5.74, 6) is -0.311. The fourth-order valence-corrected chi connectivity index (χ4v) is 2.84. The van der Waals surface area contributed by atoms with Crippen molar-refractivity contribution in [2.75, 3.05) is 0 Å². The molecule has 0 radical (unpaired) electrons. The minimum atomic E-state index is -0.501. The molecule has 0 unspecified atom stereocenters. The first-order valence-corrected chi connectivity index (χ1v) is 7.82. The Bertz CT molecular complexity index is 1060. The molecule has 0 saturated carbocycles. The van der Waals surface area contributed by atoms with Crippen molar-refractivity contribution in [3.63, 3.8) is 0 Å². The number of cyclic esters (lactones) is 1. The molecule has 0 saturated heterocycles. The molecule has 1 aromatic heterocycles. The molecule has 2 heterocycles.